The molecule has 0 heterocycles. The van der Waals surface area contributed by atoms with Crippen molar-refractivity contribution in [3.63, 3.8) is 0 Å². The average molecular weight is 330 g/mol. The van der Waals surface area contributed by atoms with Gasteiger partial charge in [-0.2, -0.15) is 13.2 Å². The third-order valence-corrected chi connectivity index (χ3v) is 3.01. The summed E-state index contributed by atoms with van der Waals surface area (Å²) in [6, 6.07) is 0. The van der Waals surface area contributed by atoms with E-state index >= 15 is 0 Å². The average Bonchev–Trinajstić information content (AvgIpc) is 1.98. The summed E-state index contributed by atoms with van der Waals surface area (Å²) in [5.74, 6) is -3.70. The molecule has 0 aliphatic rings. The third-order valence-electron chi connectivity index (χ3n) is 2.25. The molecule has 0 saturated heterocycles. The van der Waals surface area contributed by atoms with Crippen LogP contribution < -0.4 is 0 Å². The lowest BCUT2D eigenvalue weighted by molar-refractivity contribution is -0.286. The van der Waals surface area contributed by atoms with E-state index in [-0.39, 0.29) is 6.42 Å². The molecule has 0 fully saturated rings. The van der Waals surface area contributed by atoms with Crippen molar-refractivity contribution in [2.45, 2.75) is 38.8 Å². The number of rotatable bonds is 4. The van der Waals surface area contributed by atoms with Crippen molar-refractivity contribution < 1.29 is 22.0 Å². The lowest BCUT2D eigenvalue weighted by atomic mass is 9.82. The van der Waals surface area contributed by atoms with Gasteiger partial charge in [0.05, 0.1) is 0 Å². The Morgan fingerprint density at radius 3 is 1.71 bits per heavy atom. The lowest BCUT2D eigenvalue weighted by Gasteiger charge is -2.35. The smallest absolute Gasteiger partial charge is 0.206 e. The van der Waals surface area contributed by atoms with E-state index < -0.39 is 23.9 Å². The van der Waals surface area contributed by atoms with Crippen LogP contribution in [-0.4, -0.2) is 16.5 Å². The fraction of sp³-hybridized carbons (Fsp3) is 1.00. The second-order valence-corrected chi connectivity index (χ2v) is 4.70. The molecule has 86 valence electrons. The van der Waals surface area contributed by atoms with Crippen molar-refractivity contribution >= 4 is 22.6 Å². The first-order valence-electron chi connectivity index (χ1n) is 4.07. The van der Waals surface area contributed by atoms with Gasteiger partial charge in [0.15, 0.2) is 0 Å². The van der Waals surface area contributed by atoms with E-state index in [0.717, 1.165) is 0 Å². The molecule has 0 aromatic rings. The van der Waals surface area contributed by atoms with Gasteiger partial charge in [0, 0.05) is 6.42 Å². The number of halogens is 6. The molecule has 0 aliphatic carbocycles. The van der Waals surface area contributed by atoms with Gasteiger partial charge < -0.3 is 0 Å². The summed E-state index contributed by atoms with van der Waals surface area (Å²) in [6.07, 6.45) is -5.50. The maximum atomic E-state index is 13.2. The highest BCUT2D eigenvalue weighted by Gasteiger charge is 2.62. The summed E-state index contributed by atoms with van der Waals surface area (Å²) >= 11 is 1.86. The van der Waals surface area contributed by atoms with Crippen LogP contribution in [0, 0.1) is 5.41 Å². The lowest BCUT2D eigenvalue weighted by Crippen LogP contribution is -2.47. The first-order valence-corrected chi connectivity index (χ1v) is 5.59. The van der Waals surface area contributed by atoms with Crippen LogP contribution in [0.1, 0.15) is 26.7 Å². The van der Waals surface area contributed by atoms with E-state index in [1.54, 1.807) is 0 Å². The molecule has 0 saturated carbocycles. The third kappa shape index (κ3) is 2.93. The number of hydrogen-bond donors (Lipinski definition) is 0. The van der Waals surface area contributed by atoms with Crippen LogP contribution in [-0.2, 0) is 0 Å². The first-order chi connectivity index (χ1) is 6.06. The maximum absolute atomic E-state index is 13.2. The summed E-state index contributed by atoms with van der Waals surface area (Å²) < 4.78 is 63.6. The van der Waals surface area contributed by atoms with Gasteiger partial charge in [0.25, 0.3) is 5.92 Å². The van der Waals surface area contributed by atoms with E-state index in [9.17, 15) is 22.0 Å². The quantitative estimate of drug-likeness (QED) is 0.407. The van der Waals surface area contributed by atoms with Crippen LogP contribution in [0.2, 0.25) is 0 Å². The zero-order valence-corrected chi connectivity index (χ0v) is 10.0. The van der Waals surface area contributed by atoms with Gasteiger partial charge in [-0.3, -0.25) is 0 Å². The van der Waals surface area contributed by atoms with Crippen LogP contribution in [0.4, 0.5) is 22.0 Å². The van der Waals surface area contributed by atoms with Gasteiger partial charge in [-0.05, 0) is 24.7 Å². The fourth-order valence-corrected chi connectivity index (χ4v) is 1.19. The molecular weight excluding hydrogens is 318 g/mol. The van der Waals surface area contributed by atoms with Gasteiger partial charge in [0.2, 0.25) is 0 Å². The Morgan fingerprint density at radius 2 is 1.43 bits per heavy atom. The predicted molar refractivity (Wildman–Crippen MR) is 52.9 cm³/mol. The zero-order valence-electron chi connectivity index (χ0n) is 7.89. The van der Waals surface area contributed by atoms with Gasteiger partial charge in [-0.1, -0.05) is 22.6 Å². The summed E-state index contributed by atoms with van der Waals surface area (Å²) in [7, 11) is 0. The monoisotopic (exact) mass is 330 g/mol. The Kier molecular flexibility index (Phi) is 4.61. The van der Waals surface area contributed by atoms with E-state index in [2.05, 4.69) is 0 Å². The maximum Gasteiger partial charge on any atom is 0.399 e. The molecular formula is C8H12F5I. The van der Waals surface area contributed by atoms with Crippen LogP contribution in [0.15, 0.2) is 0 Å². The molecule has 0 rings (SSSR count). The molecule has 0 N–H and O–H groups in total. The predicted octanol–water partition coefficient (Wildman–Crippen LogP) is 4.43. The summed E-state index contributed by atoms with van der Waals surface area (Å²) in [4.78, 5) is 0. The SMILES string of the molecule is CC(C)(C(F)(F)F)C(F)(F)CCCI. The van der Waals surface area contributed by atoms with Gasteiger partial charge in [-0.15, -0.1) is 0 Å². The Morgan fingerprint density at radius 1 is 1.00 bits per heavy atom. The molecule has 0 aliphatic heterocycles. The standard InChI is InChI=1S/C8H12F5I/c1-6(2,8(11,12)13)7(9,10)4-3-5-14/h3-5H2,1-2H3. The molecule has 0 nitrogen and oxygen atoms in total. The Labute approximate surface area is 93.4 Å². The van der Waals surface area contributed by atoms with E-state index in [1.807, 2.05) is 22.6 Å². The molecule has 0 aromatic carbocycles. The molecule has 0 bridgehead atoms. The minimum Gasteiger partial charge on any atom is -0.206 e. The van der Waals surface area contributed by atoms with E-state index in [4.69, 9.17) is 0 Å². The Bertz CT molecular complexity index is 185. The van der Waals surface area contributed by atoms with Crippen molar-refractivity contribution in [2.24, 2.45) is 5.41 Å². The Balaban J connectivity index is 4.69. The van der Waals surface area contributed by atoms with Crippen molar-refractivity contribution in [1.29, 1.82) is 0 Å². The van der Waals surface area contributed by atoms with Gasteiger partial charge in [-0.25, -0.2) is 8.78 Å². The van der Waals surface area contributed by atoms with E-state index in [1.165, 1.54) is 0 Å². The molecule has 0 aromatic heterocycles. The van der Waals surface area contributed by atoms with Crippen molar-refractivity contribution in [3.8, 4) is 0 Å². The van der Waals surface area contributed by atoms with Gasteiger partial charge in [0.1, 0.15) is 5.41 Å². The molecule has 0 unspecified atom stereocenters. The molecule has 0 amide bonds. The van der Waals surface area contributed by atoms with Crippen LogP contribution in [0.25, 0.3) is 0 Å². The number of hydrogen-bond acceptors (Lipinski definition) is 0. The fourth-order valence-electron chi connectivity index (χ4n) is 0.809. The molecule has 0 spiro atoms. The zero-order chi connectivity index (χ0) is 11.6. The molecule has 6 heteroatoms. The minimum absolute atomic E-state index is 0.0903. The van der Waals surface area contributed by atoms with Crippen molar-refractivity contribution in [2.75, 3.05) is 4.43 Å². The largest absolute Gasteiger partial charge is 0.399 e. The van der Waals surface area contributed by atoms with E-state index in [0.29, 0.717) is 18.3 Å². The van der Waals surface area contributed by atoms with Crippen molar-refractivity contribution in [1.82, 2.24) is 0 Å². The number of alkyl halides is 6. The Hall–Kier alpha value is 0.380. The first kappa shape index (κ1) is 14.4. The highest BCUT2D eigenvalue weighted by atomic mass is 127. The molecule has 0 radical (unpaired) electrons. The topological polar surface area (TPSA) is 0 Å². The van der Waals surface area contributed by atoms with Crippen LogP contribution >= 0.6 is 22.6 Å². The van der Waals surface area contributed by atoms with Gasteiger partial charge >= 0.3 is 6.18 Å². The van der Waals surface area contributed by atoms with Crippen LogP contribution in [0.5, 0.6) is 0 Å². The highest BCUT2D eigenvalue weighted by molar-refractivity contribution is 14.1. The highest BCUT2D eigenvalue weighted by Crippen LogP contribution is 2.50. The summed E-state index contributed by atoms with van der Waals surface area (Å²) in [5, 5.41) is 0. The second kappa shape index (κ2) is 4.49. The summed E-state index contributed by atoms with van der Waals surface area (Å²) in [6.45, 7) is 1.08. The molecule has 0 atom stereocenters. The normalized spacial score (nSPS) is 14.6. The summed E-state index contributed by atoms with van der Waals surface area (Å²) in [5.41, 5.74) is -2.95. The molecule has 14 heavy (non-hydrogen) atoms. The second-order valence-electron chi connectivity index (χ2n) is 3.62. The van der Waals surface area contributed by atoms with Crippen LogP contribution in [0.3, 0.4) is 0 Å². The minimum atomic E-state index is -4.87. The van der Waals surface area contributed by atoms with Crippen molar-refractivity contribution in [3.05, 3.63) is 0 Å².